The first-order valence-corrected chi connectivity index (χ1v) is 12.2. The number of carbonyl (C=O) groups excluding carboxylic acids is 2. The minimum atomic E-state index is -2.04. The van der Waals surface area contributed by atoms with E-state index in [0.717, 1.165) is 5.57 Å². The number of hydrogen-bond donors (Lipinski definition) is 0. The maximum atomic E-state index is 12.3. The molecule has 2 rings (SSSR count). The fraction of sp³-hybridized carbons (Fsp3) is 0.524. The monoisotopic (exact) mass is 390 g/mol. The fourth-order valence-electron chi connectivity index (χ4n) is 2.94. The van der Waals surface area contributed by atoms with Crippen molar-refractivity contribution in [1.29, 1.82) is 0 Å². The predicted octanol–water partition coefficient (Wildman–Crippen LogP) is 4.35. The Labute approximate surface area is 162 Å². The van der Waals surface area contributed by atoms with Crippen LogP contribution in [0.2, 0.25) is 18.1 Å². The lowest BCUT2D eigenvalue weighted by Crippen LogP contribution is -2.45. The van der Waals surface area contributed by atoms with Crippen LogP contribution < -0.4 is 0 Å². The summed E-state index contributed by atoms with van der Waals surface area (Å²) in [7, 11) is -2.04. The highest BCUT2D eigenvalue weighted by Gasteiger charge is 2.46. The van der Waals surface area contributed by atoms with Crippen LogP contribution in [0, 0.1) is 5.92 Å². The van der Waals surface area contributed by atoms with E-state index in [1.807, 2.05) is 6.07 Å². The Morgan fingerprint density at radius 3 is 2.44 bits per heavy atom. The second kappa shape index (κ2) is 8.40. The molecule has 5 nitrogen and oxygen atoms in total. The van der Waals surface area contributed by atoms with Crippen LogP contribution in [-0.2, 0) is 18.7 Å². The quantitative estimate of drug-likeness (QED) is 0.300. The molecule has 3 unspecified atom stereocenters. The molecule has 0 saturated heterocycles. The van der Waals surface area contributed by atoms with Gasteiger partial charge in [0.05, 0.1) is 11.7 Å². The number of ether oxygens (including phenoxy) is 2. The molecule has 0 N–H and O–H groups in total. The molecule has 3 atom stereocenters. The van der Waals surface area contributed by atoms with E-state index in [0.29, 0.717) is 18.5 Å². The summed E-state index contributed by atoms with van der Waals surface area (Å²) < 4.78 is 17.3. The first-order valence-electron chi connectivity index (χ1n) is 9.24. The van der Waals surface area contributed by atoms with Crippen molar-refractivity contribution in [3.05, 3.63) is 48.0 Å². The van der Waals surface area contributed by atoms with E-state index in [4.69, 9.17) is 13.9 Å². The van der Waals surface area contributed by atoms with E-state index in [-0.39, 0.29) is 29.6 Å². The van der Waals surface area contributed by atoms with Gasteiger partial charge < -0.3 is 13.9 Å². The van der Waals surface area contributed by atoms with Gasteiger partial charge in [0.15, 0.2) is 8.32 Å². The molecule has 0 aromatic heterocycles. The van der Waals surface area contributed by atoms with Gasteiger partial charge in [-0.05, 0) is 35.8 Å². The van der Waals surface area contributed by atoms with Crippen LogP contribution in [0.1, 0.15) is 37.6 Å². The van der Waals surface area contributed by atoms with E-state index in [1.54, 1.807) is 24.3 Å². The van der Waals surface area contributed by atoms with Crippen LogP contribution in [0.3, 0.4) is 0 Å². The molecule has 1 aliphatic rings. The highest BCUT2D eigenvalue weighted by Crippen LogP contribution is 2.42. The summed E-state index contributed by atoms with van der Waals surface area (Å²) in [6, 6.07) is 8.87. The number of hydrogen-bond acceptors (Lipinski definition) is 5. The number of rotatable bonds is 7. The molecule has 0 amide bonds. The second-order valence-corrected chi connectivity index (χ2v) is 13.3. The molecule has 1 aromatic rings. The maximum absolute atomic E-state index is 12.3. The molecule has 27 heavy (non-hydrogen) atoms. The summed E-state index contributed by atoms with van der Waals surface area (Å²) in [6.07, 6.45) is -0.0536. The van der Waals surface area contributed by atoms with Gasteiger partial charge in [-0.1, -0.05) is 45.5 Å². The summed E-state index contributed by atoms with van der Waals surface area (Å²) in [4.78, 5) is 23.1. The largest absolute Gasteiger partial charge is 0.461 e. The third kappa shape index (κ3) is 5.08. The Bertz CT molecular complexity index is 678. The molecule has 1 aliphatic carbocycles. The van der Waals surface area contributed by atoms with Gasteiger partial charge in [0, 0.05) is 12.3 Å². The normalized spacial score (nSPS) is 23.1. The van der Waals surface area contributed by atoms with Gasteiger partial charge in [0.2, 0.25) is 0 Å². The SMILES string of the molecule is C=C1C(OC=O)CC(O[Si](C)(C)C(C)(C)C)C1COC(=O)c1ccccc1. The molecule has 0 spiro atoms. The summed E-state index contributed by atoms with van der Waals surface area (Å²) in [5, 5.41) is 0.0448. The van der Waals surface area contributed by atoms with Crippen molar-refractivity contribution in [1.82, 2.24) is 0 Å². The van der Waals surface area contributed by atoms with E-state index >= 15 is 0 Å². The van der Waals surface area contributed by atoms with Crippen LogP contribution in [-0.4, -0.2) is 39.6 Å². The van der Waals surface area contributed by atoms with Crippen molar-refractivity contribution in [3.8, 4) is 0 Å². The molecule has 0 radical (unpaired) electrons. The third-order valence-corrected chi connectivity index (χ3v) is 10.2. The maximum Gasteiger partial charge on any atom is 0.338 e. The molecule has 148 valence electrons. The Kier molecular flexibility index (Phi) is 6.65. The predicted molar refractivity (Wildman–Crippen MR) is 107 cm³/mol. The first kappa shape index (κ1) is 21.4. The van der Waals surface area contributed by atoms with Gasteiger partial charge in [0.25, 0.3) is 6.47 Å². The molecule has 1 saturated carbocycles. The van der Waals surface area contributed by atoms with Crippen molar-refractivity contribution in [2.45, 2.75) is 57.5 Å². The van der Waals surface area contributed by atoms with Crippen molar-refractivity contribution in [2.75, 3.05) is 6.61 Å². The number of benzene rings is 1. The van der Waals surface area contributed by atoms with Crippen LogP contribution >= 0.6 is 0 Å². The second-order valence-electron chi connectivity index (χ2n) is 8.52. The average Bonchev–Trinajstić information content (AvgIpc) is 2.87. The molecule has 0 heterocycles. The zero-order chi connectivity index (χ0) is 20.2. The van der Waals surface area contributed by atoms with Gasteiger partial charge >= 0.3 is 5.97 Å². The molecular formula is C21H30O5Si. The lowest BCUT2D eigenvalue weighted by molar-refractivity contribution is -0.132. The zero-order valence-electron chi connectivity index (χ0n) is 16.9. The Morgan fingerprint density at radius 1 is 1.26 bits per heavy atom. The van der Waals surface area contributed by atoms with Gasteiger partial charge in [-0.2, -0.15) is 0 Å². The average molecular weight is 391 g/mol. The van der Waals surface area contributed by atoms with E-state index in [9.17, 15) is 9.59 Å². The molecule has 1 aromatic carbocycles. The zero-order valence-corrected chi connectivity index (χ0v) is 17.9. The highest BCUT2D eigenvalue weighted by atomic mass is 28.4. The van der Waals surface area contributed by atoms with Gasteiger partial charge in [-0.3, -0.25) is 4.79 Å². The Balaban J connectivity index is 2.12. The molecular weight excluding hydrogens is 360 g/mol. The summed E-state index contributed by atoms with van der Waals surface area (Å²) in [5.74, 6) is -0.578. The minimum Gasteiger partial charge on any atom is -0.461 e. The molecule has 0 aliphatic heterocycles. The van der Waals surface area contributed by atoms with Crippen molar-refractivity contribution in [3.63, 3.8) is 0 Å². The highest BCUT2D eigenvalue weighted by molar-refractivity contribution is 6.74. The van der Waals surface area contributed by atoms with Crippen LogP contribution in [0.5, 0.6) is 0 Å². The summed E-state index contributed by atoms with van der Waals surface area (Å²) >= 11 is 0. The van der Waals surface area contributed by atoms with Crippen LogP contribution in [0.15, 0.2) is 42.5 Å². The Hall–Kier alpha value is -1.92. The third-order valence-electron chi connectivity index (χ3n) is 5.66. The topological polar surface area (TPSA) is 61.8 Å². The van der Waals surface area contributed by atoms with E-state index in [2.05, 4.69) is 40.4 Å². The van der Waals surface area contributed by atoms with Gasteiger partial charge in [0.1, 0.15) is 12.7 Å². The molecule has 0 bridgehead atoms. The van der Waals surface area contributed by atoms with Crippen LogP contribution in [0.25, 0.3) is 0 Å². The van der Waals surface area contributed by atoms with Gasteiger partial charge in [-0.25, -0.2) is 4.79 Å². The molecule has 1 fully saturated rings. The van der Waals surface area contributed by atoms with Crippen molar-refractivity contribution >= 4 is 20.8 Å². The van der Waals surface area contributed by atoms with E-state index < -0.39 is 14.4 Å². The number of esters is 1. The van der Waals surface area contributed by atoms with Crippen molar-refractivity contribution in [2.24, 2.45) is 5.92 Å². The lowest BCUT2D eigenvalue weighted by Gasteiger charge is -2.39. The smallest absolute Gasteiger partial charge is 0.338 e. The number of carbonyl (C=O) groups is 2. The Morgan fingerprint density at radius 2 is 1.89 bits per heavy atom. The van der Waals surface area contributed by atoms with Crippen LogP contribution in [0.4, 0.5) is 0 Å². The first-order chi connectivity index (χ1) is 12.6. The minimum absolute atomic E-state index is 0.0448. The van der Waals surface area contributed by atoms with Crippen molar-refractivity contribution < 1.29 is 23.5 Å². The summed E-state index contributed by atoms with van der Waals surface area (Å²) in [6.45, 7) is 15.6. The summed E-state index contributed by atoms with van der Waals surface area (Å²) in [5.41, 5.74) is 1.25. The lowest BCUT2D eigenvalue weighted by atomic mass is 10.0. The molecule has 6 heteroatoms. The standard InChI is InChI=1S/C21H30O5Si/c1-15-17(13-24-20(23)16-10-8-7-9-11-16)19(12-18(15)25-14-22)26-27(5,6)21(2,3)4/h7-11,14,17-19H,1,12-13H2,2-6H3. The van der Waals surface area contributed by atoms with Gasteiger partial charge in [-0.15, -0.1) is 0 Å². The van der Waals surface area contributed by atoms with E-state index in [1.165, 1.54) is 0 Å². The fourth-order valence-corrected chi connectivity index (χ4v) is 4.31.